The molecular weight excluding hydrogens is 258 g/mol. The molecule has 2 aromatic rings. The van der Waals surface area contributed by atoms with Crippen LogP contribution in [0.25, 0.3) is 0 Å². The molecule has 0 radical (unpaired) electrons. The zero-order valence-corrected chi connectivity index (χ0v) is 12.2. The molecule has 0 fully saturated rings. The van der Waals surface area contributed by atoms with Crippen molar-refractivity contribution in [2.24, 2.45) is 0 Å². The molecule has 4 heteroatoms. The van der Waals surface area contributed by atoms with Crippen molar-refractivity contribution in [3.63, 3.8) is 0 Å². The summed E-state index contributed by atoms with van der Waals surface area (Å²) in [4.78, 5) is 4.39. The monoisotopic (exact) mass is 277 g/mol. The van der Waals surface area contributed by atoms with E-state index in [9.17, 15) is 0 Å². The Morgan fingerprint density at radius 3 is 3.00 bits per heavy atom. The first kappa shape index (κ1) is 14.1. The molecule has 0 aliphatic carbocycles. The van der Waals surface area contributed by atoms with Gasteiger partial charge in [0.05, 0.1) is 6.54 Å². The highest BCUT2D eigenvalue weighted by Crippen LogP contribution is 2.17. The lowest BCUT2D eigenvalue weighted by Crippen LogP contribution is -2.20. The van der Waals surface area contributed by atoms with E-state index >= 15 is 0 Å². The summed E-state index contributed by atoms with van der Waals surface area (Å²) in [6, 6.07) is 8.21. The molecule has 1 N–H and O–H groups in total. The van der Waals surface area contributed by atoms with Crippen LogP contribution in [0.15, 0.2) is 36.7 Å². The lowest BCUT2D eigenvalue weighted by molar-refractivity contribution is 0.532. The van der Waals surface area contributed by atoms with Gasteiger partial charge in [-0.1, -0.05) is 30.7 Å². The third-order valence-electron chi connectivity index (χ3n) is 3.18. The molecule has 1 heterocycles. The molecule has 1 atom stereocenters. The molecule has 0 bridgehead atoms. The predicted molar refractivity (Wildman–Crippen MR) is 79.2 cm³/mol. The normalized spacial score (nSPS) is 12.6. The zero-order valence-electron chi connectivity index (χ0n) is 11.4. The summed E-state index contributed by atoms with van der Waals surface area (Å²) in [5, 5.41) is 4.26. The largest absolute Gasteiger partial charge is 0.334 e. The topological polar surface area (TPSA) is 29.9 Å². The van der Waals surface area contributed by atoms with Gasteiger partial charge in [0, 0.05) is 30.0 Å². The highest BCUT2D eigenvalue weighted by Gasteiger charge is 2.07. The summed E-state index contributed by atoms with van der Waals surface area (Å²) < 4.78 is 2.19. The van der Waals surface area contributed by atoms with Crippen molar-refractivity contribution in [1.82, 2.24) is 14.9 Å². The molecule has 0 aliphatic heterocycles. The standard InChI is InChI=1S/C15H20ClN3/c1-3-8-19-9-7-17-15(19)11-18-12(2)13-5-4-6-14(16)10-13/h4-7,9-10,12,18H,3,8,11H2,1-2H3. The number of halogens is 1. The molecule has 1 unspecified atom stereocenters. The maximum absolute atomic E-state index is 6.01. The van der Waals surface area contributed by atoms with Crippen molar-refractivity contribution in [1.29, 1.82) is 0 Å². The molecule has 1 aromatic heterocycles. The first-order valence-electron chi connectivity index (χ1n) is 6.69. The fourth-order valence-corrected chi connectivity index (χ4v) is 2.29. The van der Waals surface area contributed by atoms with E-state index in [1.54, 1.807) is 0 Å². The van der Waals surface area contributed by atoms with Crippen LogP contribution in [0.4, 0.5) is 0 Å². The minimum atomic E-state index is 0.255. The summed E-state index contributed by atoms with van der Waals surface area (Å²) in [5.74, 6) is 1.08. The van der Waals surface area contributed by atoms with Crippen molar-refractivity contribution in [2.75, 3.05) is 0 Å². The van der Waals surface area contributed by atoms with Crippen molar-refractivity contribution in [2.45, 2.75) is 39.4 Å². The van der Waals surface area contributed by atoms with Crippen LogP contribution in [-0.2, 0) is 13.1 Å². The second kappa shape index (κ2) is 6.73. The van der Waals surface area contributed by atoms with E-state index in [0.29, 0.717) is 0 Å². The van der Waals surface area contributed by atoms with Crippen molar-refractivity contribution >= 4 is 11.6 Å². The van der Waals surface area contributed by atoms with E-state index in [0.717, 1.165) is 30.4 Å². The molecule has 0 aliphatic rings. The Balaban J connectivity index is 1.96. The van der Waals surface area contributed by atoms with Gasteiger partial charge in [-0.2, -0.15) is 0 Å². The van der Waals surface area contributed by atoms with Gasteiger partial charge >= 0.3 is 0 Å². The summed E-state index contributed by atoms with van der Waals surface area (Å²) >= 11 is 6.01. The van der Waals surface area contributed by atoms with Crippen LogP contribution in [0, 0.1) is 0 Å². The fraction of sp³-hybridized carbons (Fsp3) is 0.400. The maximum Gasteiger partial charge on any atom is 0.122 e. The Kier molecular flexibility index (Phi) is 5.00. The molecule has 0 saturated carbocycles. The molecule has 19 heavy (non-hydrogen) atoms. The van der Waals surface area contributed by atoms with E-state index < -0.39 is 0 Å². The van der Waals surface area contributed by atoms with E-state index in [4.69, 9.17) is 11.6 Å². The van der Waals surface area contributed by atoms with Gasteiger partial charge in [-0.15, -0.1) is 0 Å². The van der Waals surface area contributed by atoms with Gasteiger partial charge in [0.2, 0.25) is 0 Å². The average Bonchev–Trinajstić information content (AvgIpc) is 2.84. The number of aryl methyl sites for hydroxylation is 1. The van der Waals surface area contributed by atoms with Gasteiger partial charge in [0.1, 0.15) is 5.82 Å². The maximum atomic E-state index is 6.01. The summed E-state index contributed by atoms with van der Waals surface area (Å²) in [5.41, 5.74) is 1.20. The molecule has 102 valence electrons. The van der Waals surface area contributed by atoms with Gasteiger partial charge in [-0.05, 0) is 31.0 Å². The number of nitrogens with zero attached hydrogens (tertiary/aromatic N) is 2. The summed E-state index contributed by atoms with van der Waals surface area (Å²) in [6.07, 6.45) is 5.01. The average molecular weight is 278 g/mol. The number of imidazole rings is 1. The molecular formula is C15H20ClN3. The third kappa shape index (κ3) is 3.82. The minimum absolute atomic E-state index is 0.255. The summed E-state index contributed by atoms with van der Waals surface area (Å²) in [6.45, 7) is 6.09. The van der Waals surface area contributed by atoms with Crippen LogP contribution in [-0.4, -0.2) is 9.55 Å². The Hall–Kier alpha value is -1.32. The Labute approximate surface area is 119 Å². The summed E-state index contributed by atoms with van der Waals surface area (Å²) in [7, 11) is 0. The molecule has 0 saturated heterocycles. The predicted octanol–water partition coefficient (Wildman–Crippen LogP) is 3.80. The zero-order chi connectivity index (χ0) is 13.7. The highest BCUT2D eigenvalue weighted by atomic mass is 35.5. The number of rotatable bonds is 6. The van der Waals surface area contributed by atoms with E-state index in [1.165, 1.54) is 5.56 Å². The Morgan fingerprint density at radius 2 is 2.26 bits per heavy atom. The smallest absolute Gasteiger partial charge is 0.122 e. The van der Waals surface area contributed by atoms with Crippen molar-refractivity contribution < 1.29 is 0 Å². The van der Waals surface area contributed by atoms with Crippen molar-refractivity contribution in [3.8, 4) is 0 Å². The van der Waals surface area contributed by atoms with Gasteiger partial charge in [-0.3, -0.25) is 0 Å². The van der Waals surface area contributed by atoms with Gasteiger partial charge in [0.15, 0.2) is 0 Å². The number of benzene rings is 1. The van der Waals surface area contributed by atoms with Gasteiger partial charge < -0.3 is 9.88 Å². The molecule has 0 spiro atoms. The first-order chi connectivity index (χ1) is 9.20. The number of aromatic nitrogens is 2. The van der Waals surface area contributed by atoms with E-state index in [-0.39, 0.29) is 6.04 Å². The van der Waals surface area contributed by atoms with E-state index in [2.05, 4.69) is 34.8 Å². The fourth-order valence-electron chi connectivity index (χ4n) is 2.09. The van der Waals surface area contributed by atoms with Gasteiger partial charge in [0.25, 0.3) is 0 Å². The second-order valence-corrected chi connectivity index (χ2v) is 5.13. The lowest BCUT2D eigenvalue weighted by atomic mass is 10.1. The number of hydrogen-bond acceptors (Lipinski definition) is 2. The van der Waals surface area contributed by atoms with Crippen LogP contribution >= 0.6 is 11.6 Å². The van der Waals surface area contributed by atoms with Crippen LogP contribution in [0.1, 0.15) is 37.7 Å². The van der Waals surface area contributed by atoms with Crippen LogP contribution in [0.3, 0.4) is 0 Å². The van der Waals surface area contributed by atoms with Crippen LogP contribution in [0.2, 0.25) is 5.02 Å². The quantitative estimate of drug-likeness (QED) is 0.870. The van der Waals surface area contributed by atoms with E-state index in [1.807, 2.05) is 30.6 Å². The second-order valence-electron chi connectivity index (χ2n) is 4.69. The SMILES string of the molecule is CCCn1ccnc1CNC(C)c1cccc(Cl)c1. The highest BCUT2D eigenvalue weighted by molar-refractivity contribution is 6.30. The van der Waals surface area contributed by atoms with Crippen LogP contribution in [0.5, 0.6) is 0 Å². The minimum Gasteiger partial charge on any atom is -0.334 e. The number of hydrogen-bond donors (Lipinski definition) is 1. The van der Waals surface area contributed by atoms with Gasteiger partial charge in [-0.25, -0.2) is 4.98 Å². The molecule has 1 aromatic carbocycles. The molecule has 2 rings (SSSR count). The molecule has 3 nitrogen and oxygen atoms in total. The van der Waals surface area contributed by atoms with Crippen molar-refractivity contribution in [3.05, 3.63) is 53.1 Å². The number of nitrogens with one attached hydrogen (secondary N) is 1. The Morgan fingerprint density at radius 1 is 1.42 bits per heavy atom. The third-order valence-corrected chi connectivity index (χ3v) is 3.42. The van der Waals surface area contributed by atoms with Crippen LogP contribution < -0.4 is 5.32 Å². The first-order valence-corrected chi connectivity index (χ1v) is 7.07. The molecule has 0 amide bonds. The Bertz CT molecular complexity index is 522. The lowest BCUT2D eigenvalue weighted by Gasteiger charge is -2.15.